The van der Waals surface area contributed by atoms with Gasteiger partial charge in [0.1, 0.15) is 17.6 Å². The Morgan fingerprint density at radius 2 is 2.08 bits per heavy atom. The average molecular weight is 329 g/mol. The van der Waals surface area contributed by atoms with E-state index in [0.717, 1.165) is 17.7 Å². The fraction of sp³-hybridized carbons (Fsp3) is 0.421. The van der Waals surface area contributed by atoms with Gasteiger partial charge < -0.3 is 19.2 Å². The first kappa shape index (κ1) is 16.7. The molecule has 2 atom stereocenters. The molecular formula is C19H23NO4. The lowest BCUT2D eigenvalue weighted by Gasteiger charge is -2.32. The molecule has 5 heteroatoms. The van der Waals surface area contributed by atoms with Gasteiger partial charge in [-0.1, -0.05) is 30.3 Å². The summed E-state index contributed by atoms with van der Waals surface area (Å²) in [4.78, 5) is 12.5. The molecule has 128 valence electrons. The lowest BCUT2D eigenvalue weighted by Crippen LogP contribution is -2.50. The Bertz CT molecular complexity index is 680. The van der Waals surface area contributed by atoms with Gasteiger partial charge in [0.25, 0.3) is 5.91 Å². The molecule has 5 nitrogen and oxygen atoms in total. The first-order valence-corrected chi connectivity index (χ1v) is 8.24. The molecule has 1 N–H and O–H groups in total. The van der Waals surface area contributed by atoms with E-state index < -0.39 is 0 Å². The quantitative estimate of drug-likeness (QED) is 0.916. The van der Waals surface area contributed by atoms with Gasteiger partial charge in [0, 0.05) is 6.61 Å². The van der Waals surface area contributed by atoms with Crippen molar-refractivity contribution >= 4 is 5.91 Å². The fourth-order valence-electron chi connectivity index (χ4n) is 2.92. The summed E-state index contributed by atoms with van der Waals surface area (Å²) in [5, 5.41) is 3.07. The topological polar surface area (TPSA) is 60.7 Å². The maximum Gasteiger partial charge on any atom is 0.255 e. The van der Waals surface area contributed by atoms with Gasteiger partial charge in [0.05, 0.1) is 24.8 Å². The number of hydrogen-bond acceptors (Lipinski definition) is 4. The van der Waals surface area contributed by atoms with Gasteiger partial charge in [-0.3, -0.25) is 4.79 Å². The zero-order chi connectivity index (χ0) is 16.9. The minimum Gasteiger partial charge on any atom is -0.466 e. The van der Waals surface area contributed by atoms with Crippen molar-refractivity contribution in [3.05, 3.63) is 59.0 Å². The van der Waals surface area contributed by atoms with E-state index in [-0.39, 0.29) is 18.1 Å². The first-order chi connectivity index (χ1) is 11.6. The number of amides is 1. The fourth-order valence-corrected chi connectivity index (χ4v) is 2.92. The minimum absolute atomic E-state index is 0.0652. The van der Waals surface area contributed by atoms with E-state index in [1.54, 1.807) is 13.0 Å². The second-order valence-corrected chi connectivity index (χ2v) is 6.11. The minimum atomic E-state index is -0.156. The number of carbonyl (C=O) groups excluding carboxylic acids is 1. The predicted octanol–water partition coefficient (Wildman–Crippen LogP) is 3.00. The summed E-state index contributed by atoms with van der Waals surface area (Å²) in [5.74, 6) is 1.25. The number of hydrogen-bond donors (Lipinski definition) is 1. The smallest absolute Gasteiger partial charge is 0.255 e. The van der Waals surface area contributed by atoms with Crippen molar-refractivity contribution in [2.75, 3.05) is 13.2 Å². The lowest BCUT2D eigenvalue weighted by atomic mass is 10.0. The third kappa shape index (κ3) is 4.04. The van der Waals surface area contributed by atoms with E-state index in [0.29, 0.717) is 31.1 Å². The van der Waals surface area contributed by atoms with E-state index in [2.05, 4.69) is 5.32 Å². The summed E-state index contributed by atoms with van der Waals surface area (Å²) in [5.41, 5.74) is 1.69. The lowest BCUT2D eigenvalue weighted by molar-refractivity contribution is -0.0736. The van der Waals surface area contributed by atoms with Gasteiger partial charge >= 0.3 is 0 Å². The zero-order valence-corrected chi connectivity index (χ0v) is 14.1. The van der Waals surface area contributed by atoms with Gasteiger partial charge in [0.15, 0.2) is 0 Å². The van der Waals surface area contributed by atoms with Crippen molar-refractivity contribution < 1.29 is 18.7 Å². The molecule has 1 aromatic carbocycles. The van der Waals surface area contributed by atoms with Gasteiger partial charge in [-0.15, -0.1) is 0 Å². The molecule has 1 saturated heterocycles. The number of ether oxygens (including phenoxy) is 2. The molecule has 1 aromatic heterocycles. The molecular weight excluding hydrogens is 306 g/mol. The SMILES string of the molecule is Cc1cc(C(=O)NC2CCOCC2OCc2ccccc2)c(C)o1. The normalized spacial score (nSPS) is 20.8. The third-order valence-electron chi connectivity index (χ3n) is 4.21. The molecule has 0 aliphatic carbocycles. The summed E-state index contributed by atoms with van der Waals surface area (Å²) >= 11 is 0. The van der Waals surface area contributed by atoms with Crippen molar-refractivity contribution in [3.8, 4) is 0 Å². The molecule has 2 aromatic rings. The molecule has 0 bridgehead atoms. The van der Waals surface area contributed by atoms with Crippen LogP contribution >= 0.6 is 0 Å². The largest absolute Gasteiger partial charge is 0.466 e. The van der Waals surface area contributed by atoms with Gasteiger partial charge in [-0.05, 0) is 31.9 Å². The van der Waals surface area contributed by atoms with Crippen LogP contribution in [0.2, 0.25) is 0 Å². The van der Waals surface area contributed by atoms with Crippen LogP contribution < -0.4 is 5.32 Å². The third-order valence-corrected chi connectivity index (χ3v) is 4.21. The first-order valence-electron chi connectivity index (χ1n) is 8.24. The van der Waals surface area contributed by atoms with Crippen molar-refractivity contribution in [1.82, 2.24) is 5.32 Å². The van der Waals surface area contributed by atoms with Gasteiger partial charge in [0.2, 0.25) is 0 Å². The van der Waals surface area contributed by atoms with E-state index in [9.17, 15) is 4.79 Å². The molecule has 1 fully saturated rings. The van der Waals surface area contributed by atoms with Gasteiger partial charge in [-0.25, -0.2) is 0 Å². The van der Waals surface area contributed by atoms with Crippen LogP contribution in [0.15, 0.2) is 40.8 Å². The number of aryl methyl sites for hydroxylation is 2. The molecule has 24 heavy (non-hydrogen) atoms. The van der Waals surface area contributed by atoms with Crippen LogP contribution in [0.4, 0.5) is 0 Å². The van der Waals surface area contributed by atoms with E-state index in [1.807, 2.05) is 37.3 Å². The molecule has 0 spiro atoms. The highest BCUT2D eigenvalue weighted by Crippen LogP contribution is 2.17. The highest BCUT2D eigenvalue weighted by molar-refractivity contribution is 5.95. The number of nitrogens with one attached hydrogen (secondary N) is 1. The Morgan fingerprint density at radius 1 is 1.29 bits per heavy atom. The molecule has 1 aliphatic heterocycles. The molecule has 2 unspecified atom stereocenters. The van der Waals surface area contributed by atoms with Crippen molar-refractivity contribution in [2.45, 2.75) is 39.0 Å². The summed E-state index contributed by atoms with van der Waals surface area (Å²) in [7, 11) is 0. The molecule has 2 heterocycles. The highest BCUT2D eigenvalue weighted by atomic mass is 16.5. The second-order valence-electron chi connectivity index (χ2n) is 6.11. The maximum absolute atomic E-state index is 12.5. The zero-order valence-electron chi connectivity index (χ0n) is 14.1. The molecule has 0 saturated carbocycles. The summed E-state index contributed by atoms with van der Waals surface area (Å²) in [6.45, 7) is 5.26. The number of benzene rings is 1. The Labute approximate surface area is 141 Å². The van der Waals surface area contributed by atoms with E-state index in [1.165, 1.54) is 0 Å². The van der Waals surface area contributed by atoms with Crippen LogP contribution in [-0.2, 0) is 16.1 Å². The Hall–Kier alpha value is -2.11. The van der Waals surface area contributed by atoms with Crippen LogP contribution in [0, 0.1) is 13.8 Å². The summed E-state index contributed by atoms with van der Waals surface area (Å²) < 4.78 is 17.0. The van der Waals surface area contributed by atoms with E-state index >= 15 is 0 Å². The van der Waals surface area contributed by atoms with Crippen LogP contribution in [0.25, 0.3) is 0 Å². The molecule has 1 amide bonds. The summed E-state index contributed by atoms with van der Waals surface area (Å²) in [6.07, 6.45) is 0.581. The van der Waals surface area contributed by atoms with Crippen LogP contribution in [0.3, 0.4) is 0 Å². The molecule has 1 aliphatic rings. The van der Waals surface area contributed by atoms with Crippen LogP contribution in [-0.4, -0.2) is 31.3 Å². The maximum atomic E-state index is 12.5. The van der Waals surface area contributed by atoms with E-state index in [4.69, 9.17) is 13.9 Å². The van der Waals surface area contributed by atoms with Crippen molar-refractivity contribution in [3.63, 3.8) is 0 Å². The van der Waals surface area contributed by atoms with Crippen molar-refractivity contribution in [1.29, 1.82) is 0 Å². The predicted molar refractivity (Wildman–Crippen MR) is 89.9 cm³/mol. The van der Waals surface area contributed by atoms with Crippen LogP contribution in [0.5, 0.6) is 0 Å². The Kier molecular flexibility index (Phi) is 5.33. The summed E-state index contributed by atoms with van der Waals surface area (Å²) in [6, 6.07) is 11.7. The number of rotatable bonds is 5. The van der Waals surface area contributed by atoms with Crippen molar-refractivity contribution in [2.24, 2.45) is 0 Å². The van der Waals surface area contributed by atoms with Crippen LogP contribution in [0.1, 0.15) is 33.9 Å². The highest BCUT2D eigenvalue weighted by Gasteiger charge is 2.29. The molecule has 0 radical (unpaired) electrons. The average Bonchev–Trinajstić information content (AvgIpc) is 2.93. The molecule has 3 rings (SSSR count). The second kappa shape index (κ2) is 7.64. The van der Waals surface area contributed by atoms with Gasteiger partial charge in [-0.2, -0.15) is 0 Å². The monoisotopic (exact) mass is 329 g/mol. The Balaban J connectivity index is 1.61. The number of furan rings is 1. The Morgan fingerprint density at radius 3 is 2.79 bits per heavy atom. The standard InChI is InChI=1S/C19H23NO4/c1-13-10-16(14(2)24-13)19(21)20-17-8-9-22-12-18(17)23-11-15-6-4-3-5-7-15/h3-7,10,17-18H,8-9,11-12H2,1-2H3,(H,20,21). The number of carbonyl (C=O) groups is 1.